The number of hydrogen-bond acceptors (Lipinski definition) is 2. The molecule has 0 aliphatic carbocycles. The van der Waals surface area contributed by atoms with Gasteiger partial charge >= 0.3 is 0 Å². The minimum atomic E-state index is -0.479. The summed E-state index contributed by atoms with van der Waals surface area (Å²) >= 11 is 33.2. The Bertz CT molecular complexity index is 837. The molecule has 0 radical (unpaired) electrons. The van der Waals surface area contributed by atoms with Gasteiger partial charge in [0.25, 0.3) is 0 Å². The topological polar surface area (TPSA) is 18.5 Å². The molecule has 2 aromatic carbocycles. The van der Waals surface area contributed by atoms with E-state index in [1.54, 1.807) is 0 Å². The molecule has 0 bridgehead atoms. The monoisotopic (exact) mass is 632 g/mol. The molecule has 0 saturated carbocycles. The molecule has 0 aliphatic heterocycles. The fourth-order valence-corrected chi connectivity index (χ4v) is 4.17. The van der Waals surface area contributed by atoms with Crippen LogP contribution in [0.25, 0.3) is 0 Å². The normalized spacial score (nSPS) is 12.8. The molecule has 0 N–H and O–H groups in total. The average Bonchev–Trinajstić information content (AvgIpc) is 2.67. The average molecular weight is 636 g/mol. The van der Waals surface area contributed by atoms with Gasteiger partial charge in [0.15, 0.2) is 11.5 Å². The van der Waals surface area contributed by atoms with Crippen molar-refractivity contribution in [3.63, 3.8) is 0 Å². The molecule has 0 amide bonds. The van der Waals surface area contributed by atoms with Gasteiger partial charge in [-0.1, -0.05) is 92.1 Å². The van der Waals surface area contributed by atoms with Crippen LogP contribution < -0.4 is 9.47 Å². The Morgan fingerprint density at radius 1 is 0.613 bits per heavy atom. The summed E-state index contributed by atoms with van der Waals surface area (Å²) in [7, 11) is 0. The van der Waals surface area contributed by atoms with Crippen LogP contribution in [0.3, 0.4) is 0 Å². The molecule has 0 fully saturated rings. The van der Waals surface area contributed by atoms with E-state index in [4.69, 9.17) is 55.9 Å². The lowest BCUT2D eigenvalue weighted by molar-refractivity contribution is 0.137. The summed E-state index contributed by atoms with van der Waals surface area (Å²) in [6.07, 6.45) is 0. The maximum Gasteiger partial charge on any atom is 0.157 e. The highest BCUT2D eigenvalue weighted by Gasteiger charge is 2.30. The van der Waals surface area contributed by atoms with Crippen molar-refractivity contribution in [1.82, 2.24) is 0 Å². The first kappa shape index (κ1) is 27.4. The quantitative estimate of drug-likeness (QED) is 0.269. The van der Waals surface area contributed by atoms with Crippen LogP contribution in [0.2, 0.25) is 20.1 Å². The Labute approximate surface area is 222 Å². The molecule has 2 aromatic rings. The third-order valence-corrected chi connectivity index (χ3v) is 8.66. The van der Waals surface area contributed by atoms with Crippen LogP contribution in [-0.2, 0) is 5.41 Å². The molecule has 2 rings (SSSR count). The van der Waals surface area contributed by atoms with Gasteiger partial charge in [0.1, 0.15) is 11.2 Å². The van der Waals surface area contributed by atoms with Crippen molar-refractivity contribution in [2.45, 2.75) is 58.2 Å². The first-order chi connectivity index (χ1) is 14.1. The van der Waals surface area contributed by atoms with Crippen molar-refractivity contribution in [3.8, 4) is 11.5 Å². The molecule has 0 aliphatic rings. The molecule has 0 atom stereocenters. The van der Waals surface area contributed by atoms with Crippen LogP contribution in [0.15, 0.2) is 24.3 Å². The maximum atomic E-state index is 6.57. The van der Waals surface area contributed by atoms with Gasteiger partial charge in [-0.25, -0.2) is 0 Å². The van der Waals surface area contributed by atoms with E-state index in [9.17, 15) is 0 Å². The van der Waals surface area contributed by atoms with E-state index in [0.29, 0.717) is 42.2 Å². The minimum absolute atomic E-state index is 0.445. The van der Waals surface area contributed by atoms with E-state index < -0.39 is 16.6 Å². The Kier molecular flexibility index (Phi) is 9.01. The first-order valence-corrected chi connectivity index (χ1v) is 13.4. The summed E-state index contributed by atoms with van der Waals surface area (Å²) in [6.45, 7) is 11.9. The van der Waals surface area contributed by atoms with Crippen LogP contribution in [0, 0.1) is 0 Å². The van der Waals surface area contributed by atoms with E-state index in [0.717, 1.165) is 11.1 Å². The second-order valence-corrected chi connectivity index (χ2v) is 11.9. The lowest BCUT2D eigenvalue weighted by Gasteiger charge is -2.30. The predicted molar refractivity (Wildman–Crippen MR) is 142 cm³/mol. The Balaban J connectivity index is 2.48. The molecule has 31 heavy (non-hydrogen) atoms. The van der Waals surface area contributed by atoms with Crippen molar-refractivity contribution in [2.24, 2.45) is 0 Å². The number of benzene rings is 2. The molecular weight excluding hydrogens is 610 g/mol. The zero-order chi connectivity index (χ0) is 23.8. The molecule has 0 unspecified atom stereocenters. The number of halogens is 6. The highest BCUT2D eigenvalue weighted by atomic mass is 79.9. The molecule has 0 aromatic heterocycles. The number of alkyl halides is 2. The lowest BCUT2D eigenvalue weighted by Crippen LogP contribution is -2.30. The molecule has 0 saturated heterocycles. The van der Waals surface area contributed by atoms with Crippen molar-refractivity contribution < 1.29 is 9.47 Å². The standard InChI is InChI=1S/C23H26Br2Cl4O2/c1-21(2,11-24)30-19-15(26)7-13(8-16(19)27)23(5,6)14-9-17(28)20(18(29)10-14)31-22(3,4)12-25/h7-10H,11-12H2,1-6H3. The molecule has 8 heteroatoms. The summed E-state index contributed by atoms with van der Waals surface area (Å²) in [5, 5.41) is 3.05. The molecule has 0 heterocycles. The van der Waals surface area contributed by atoms with Crippen LogP contribution in [0.4, 0.5) is 0 Å². The number of rotatable bonds is 8. The number of ether oxygens (including phenoxy) is 2. The van der Waals surface area contributed by atoms with Crippen LogP contribution in [0.5, 0.6) is 11.5 Å². The SMILES string of the molecule is CC(C)(CBr)Oc1c(Cl)cc(C(C)(C)c2cc(Cl)c(OC(C)(C)CBr)c(Cl)c2)cc1Cl. The first-order valence-electron chi connectivity index (χ1n) is 9.62. The highest BCUT2D eigenvalue weighted by Crippen LogP contribution is 2.45. The lowest BCUT2D eigenvalue weighted by atomic mass is 9.78. The van der Waals surface area contributed by atoms with Crippen LogP contribution in [0.1, 0.15) is 52.7 Å². The van der Waals surface area contributed by atoms with Crippen molar-refractivity contribution in [3.05, 3.63) is 55.5 Å². The molecular formula is C23H26Br2Cl4O2. The van der Waals surface area contributed by atoms with E-state index in [-0.39, 0.29) is 0 Å². The molecule has 2 nitrogen and oxygen atoms in total. The van der Waals surface area contributed by atoms with Crippen LogP contribution >= 0.6 is 78.3 Å². The fraction of sp³-hybridized carbons (Fsp3) is 0.478. The van der Waals surface area contributed by atoms with Gasteiger partial charge in [0.2, 0.25) is 0 Å². The minimum Gasteiger partial charge on any atom is -0.484 e. The van der Waals surface area contributed by atoms with E-state index in [2.05, 4.69) is 45.7 Å². The number of hydrogen-bond donors (Lipinski definition) is 0. The summed E-state index contributed by atoms with van der Waals surface area (Å²) in [4.78, 5) is 0. The zero-order valence-corrected chi connectivity index (χ0v) is 24.5. The van der Waals surface area contributed by atoms with Gasteiger partial charge < -0.3 is 9.47 Å². The van der Waals surface area contributed by atoms with Gasteiger partial charge in [-0.2, -0.15) is 0 Å². The van der Waals surface area contributed by atoms with Crippen molar-refractivity contribution >= 4 is 78.3 Å². The zero-order valence-electron chi connectivity index (χ0n) is 18.3. The van der Waals surface area contributed by atoms with E-state index >= 15 is 0 Å². The van der Waals surface area contributed by atoms with Crippen molar-refractivity contribution in [1.29, 1.82) is 0 Å². The van der Waals surface area contributed by atoms with Gasteiger partial charge in [0, 0.05) is 16.1 Å². The van der Waals surface area contributed by atoms with Gasteiger partial charge in [-0.3, -0.25) is 0 Å². The van der Waals surface area contributed by atoms with E-state index in [1.165, 1.54) is 0 Å². The Hall–Kier alpha value is 0.160. The van der Waals surface area contributed by atoms with E-state index in [1.807, 2.05) is 52.0 Å². The summed E-state index contributed by atoms with van der Waals surface area (Å²) in [5.41, 5.74) is 0.433. The Morgan fingerprint density at radius 3 is 1.10 bits per heavy atom. The van der Waals surface area contributed by atoms with Gasteiger partial charge in [0.05, 0.1) is 20.1 Å². The predicted octanol–water partition coefficient (Wildman–Crippen LogP) is 9.73. The van der Waals surface area contributed by atoms with Gasteiger partial charge in [-0.15, -0.1) is 0 Å². The fourth-order valence-electron chi connectivity index (χ4n) is 2.81. The third-order valence-electron chi connectivity index (χ3n) is 4.84. The third kappa shape index (κ3) is 6.61. The second kappa shape index (κ2) is 10.2. The summed E-state index contributed by atoms with van der Waals surface area (Å²) in [5.74, 6) is 0.924. The van der Waals surface area contributed by atoms with Crippen molar-refractivity contribution in [2.75, 3.05) is 10.7 Å². The largest absolute Gasteiger partial charge is 0.484 e. The van der Waals surface area contributed by atoms with Gasteiger partial charge in [-0.05, 0) is 63.1 Å². The molecule has 172 valence electrons. The maximum absolute atomic E-state index is 6.57. The smallest absolute Gasteiger partial charge is 0.157 e. The highest BCUT2D eigenvalue weighted by molar-refractivity contribution is 9.09. The summed E-state index contributed by atoms with van der Waals surface area (Å²) < 4.78 is 12.0. The second-order valence-electron chi connectivity index (χ2n) is 9.15. The van der Waals surface area contributed by atoms with Crippen LogP contribution in [-0.4, -0.2) is 21.9 Å². The Morgan fingerprint density at radius 2 is 0.871 bits per heavy atom. The summed E-state index contributed by atoms with van der Waals surface area (Å²) in [6, 6.07) is 7.47. The molecule has 0 spiro atoms.